The molecule has 8 heteroatoms. The number of thioether (sulfide) groups is 1. The second-order valence-corrected chi connectivity index (χ2v) is 12.7. The van der Waals surface area contributed by atoms with E-state index in [0.29, 0.717) is 11.7 Å². The van der Waals surface area contributed by atoms with Crippen LogP contribution in [-0.4, -0.2) is 53.4 Å². The Morgan fingerprint density at radius 2 is 1.69 bits per heavy atom. The molecule has 2 N–H and O–H groups in total. The summed E-state index contributed by atoms with van der Waals surface area (Å²) in [5, 5.41) is 13.1. The number of benzene rings is 2. The van der Waals surface area contributed by atoms with Crippen LogP contribution in [-0.2, 0) is 21.4 Å². The quantitative estimate of drug-likeness (QED) is 0.597. The molecular formula is C24H32N2O4S2. The van der Waals surface area contributed by atoms with Gasteiger partial charge in [-0.15, -0.1) is 0 Å². The Balaban J connectivity index is 1.78. The normalized spacial score (nSPS) is 19.2. The molecule has 3 rings (SSSR count). The molecule has 1 fully saturated rings. The summed E-state index contributed by atoms with van der Waals surface area (Å²) in [7, 11) is -3.92. The zero-order chi connectivity index (χ0) is 23.5. The predicted molar refractivity (Wildman–Crippen MR) is 130 cm³/mol. The molecule has 0 bridgehead atoms. The maximum Gasteiger partial charge on any atom is 0.323 e. The van der Waals surface area contributed by atoms with Gasteiger partial charge in [0.1, 0.15) is 6.04 Å². The lowest BCUT2D eigenvalue weighted by molar-refractivity contribution is -0.142. The van der Waals surface area contributed by atoms with Crippen LogP contribution in [0.2, 0.25) is 0 Å². The number of carbonyl (C=O) groups is 1. The summed E-state index contributed by atoms with van der Waals surface area (Å²) < 4.78 is 27.0. The number of nitrogens with zero attached hydrogens (tertiary/aromatic N) is 1. The fourth-order valence-corrected chi connectivity index (χ4v) is 7.00. The number of carboxylic acids is 1. The van der Waals surface area contributed by atoms with E-state index in [4.69, 9.17) is 0 Å². The van der Waals surface area contributed by atoms with E-state index in [1.165, 1.54) is 17.3 Å². The third-order valence-corrected chi connectivity index (χ3v) is 8.83. The molecule has 0 aromatic heterocycles. The molecule has 1 saturated heterocycles. The molecule has 1 aliphatic heterocycles. The number of hydrogen-bond donors (Lipinski definition) is 2. The summed E-state index contributed by atoms with van der Waals surface area (Å²) in [5.74, 6) is 0.0434. The first-order chi connectivity index (χ1) is 15.0. The maximum atomic E-state index is 13.3. The minimum absolute atomic E-state index is 0.115. The minimum Gasteiger partial charge on any atom is -0.480 e. The Kier molecular flexibility index (Phi) is 7.70. The Morgan fingerprint density at radius 1 is 1.12 bits per heavy atom. The topological polar surface area (TPSA) is 86.7 Å². The molecule has 32 heavy (non-hydrogen) atoms. The predicted octanol–water partition coefficient (Wildman–Crippen LogP) is 4.07. The van der Waals surface area contributed by atoms with E-state index in [-0.39, 0.29) is 11.4 Å². The van der Waals surface area contributed by atoms with Crippen molar-refractivity contribution in [3.8, 4) is 11.1 Å². The zero-order valence-electron chi connectivity index (χ0n) is 19.0. The van der Waals surface area contributed by atoms with E-state index in [0.717, 1.165) is 28.5 Å². The van der Waals surface area contributed by atoms with Crippen LogP contribution in [0.5, 0.6) is 0 Å². The first kappa shape index (κ1) is 24.8. The summed E-state index contributed by atoms with van der Waals surface area (Å²) >= 11 is 1.49. The molecule has 0 saturated carbocycles. The van der Waals surface area contributed by atoms with E-state index < -0.39 is 26.8 Å². The summed E-state index contributed by atoms with van der Waals surface area (Å²) in [4.78, 5) is 12.0. The van der Waals surface area contributed by atoms with Crippen molar-refractivity contribution < 1.29 is 18.3 Å². The molecular weight excluding hydrogens is 444 g/mol. The van der Waals surface area contributed by atoms with Gasteiger partial charge in [0.15, 0.2) is 0 Å². The Bertz CT molecular complexity index is 1030. The summed E-state index contributed by atoms with van der Waals surface area (Å²) in [6, 6.07) is 13.8. The summed E-state index contributed by atoms with van der Waals surface area (Å²) in [6.07, 6.45) is 0. The lowest BCUT2D eigenvalue weighted by Crippen LogP contribution is -2.58. The fourth-order valence-electron chi connectivity index (χ4n) is 3.91. The van der Waals surface area contributed by atoms with E-state index in [1.54, 1.807) is 38.1 Å². The van der Waals surface area contributed by atoms with E-state index >= 15 is 0 Å². The maximum absolute atomic E-state index is 13.3. The highest BCUT2D eigenvalue weighted by atomic mass is 32.2. The zero-order valence-corrected chi connectivity index (χ0v) is 20.7. The number of carboxylic acid groups (broad SMARTS) is 1. The average molecular weight is 477 g/mol. The highest BCUT2D eigenvalue weighted by Crippen LogP contribution is 2.38. The number of aliphatic carboxylic acids is 1. The van der Waals surface area contributed by atoms with Gasteiger partial charge in [0, 0.05) is 23.6 Å². The number of rotatable bonds is 8. The lowest BCUT2D eigenvalue weighted by Gasteiger charge is -2.42. The fraction of sp³-hybridized carbons (Fsp3) is 0.458. The van der Waals surface area contributed by atoms with Gasteiger partial charge in [-0.25, -0.2) is 8.42 Å². The van der Waals surface area contributed by atoms with Crippen LogP contribution < -0.4 is 5.32 Å². The third-order valence-electron chi connectivity index (χ3n) is 5.60. The van der Waals surface area contributed by atoms with Crippen LogP contribution in [0.4, 0.5) is 0 Å². The SMILES string of the molecule is CC(C)CNCc1ccc(-c2ccc(S(=O)(=O)N3CCSC(C)(C)[C@@H]3C(=O)O)cc2)cc1. The van der Waals surface area contributed by atoms with Crippen LogP contribution in [0.3, 0.4) is 0 Å². The van der Waals surface area contributed by atoms with Gasteiger partial charge in [-0.3, -0.25) is 4.79 Å². The molecule has 1 aliphatic rings. The first-order valence-corrected chi connectivity index (χ1v) is 13.2. The lowest BCUT2D eigenvalue weighted by atomic mass is 10.0. The highest BCUT2D eigenvalue weighted by Gasteiger charge is 2.48. The first-order valence-electron chi connectivity index (χ1n) is 10.8. The summed E-state index contributed by atoms with van der Waals surface area (Å²) in [5.41, 5.74) is 3.11. The van der Waals surface area contributed by atoms with Gasteiger partial charge in [0.2, 0.25) is 10.0 Å². The van der Waals surface area contributed by atoms with Crippen LogP contribution in [0.15, 0.2) is 53.4 Å². The molecule has 0 amide bonds. The van der Waals surface area contributed by atoms with Gasteiger partial charge < -0.3 is 10.4 Å². The van der Waals surface area contributed by atoms with Crippen LogP contribution >= 0.6 is 11.8 Å². The number of hydrogen-bond acceptors (Lipinski definition) is 5. The van der Waals surface area contributed by atoms with Crippen molar-refractivity contribution in [1.82, 2.24) is 9.62 Å². The Morgan fingerprint density at radius 3 is 2.22 bits per heavy atom. The summed E-state index contributed by atoms with van der Waals surface area (Å²) in [6.45, 7) is 9.87. The van der Waals surface area contributed by atoms with Gasteiger partial charge in [-0.1, -0.05) is 50.2 Å². The largest absolute Gasteiger partial charge is 0.480 e. The standard InChI is InChI=1S/C24H32N2O4S2/c1-17(2)15-25-16-18-5-7-19(8-6-18)20-9-11-21(12-10-20)32(29,30)26-13-14-31-24(3,4)22(26)23(27)28/h5-12,17,22,25H,13-16H2,1-4H3,(H,27,28)/t22-/m0/s1. The van der Waals surface area contributed by atoms with Gasteiger partial charge in [-0.2, -0.15) is 16.1 Å². The van der Waals surface area contributed by atoms with Crippen molar-refractivity contribution in [3.05, 3.63) is 54.1 Å². The van der Waals surface area contributed by atoms with Crippen molar-refractivity contribution in [2.24, 2.45) is 5.92 Å². The van der Waals surface area contributed by atoms with Crippen LogP contribution in [0.25, 0.3) is 11.1 Å². The van der Waals surface area contributed by atoms with Gasteiger partial charge in [-0.05, 0) is 55.1 Å². The van der Waals surface area contributed by atoms with Gasteiger partial charge in [0.25, 0.3) is 0 Å². The molecule has 0 radical (unpaired) electrons. The smallest absolute Gasteiger partial charge is 0.323 e. The van der Waals surface area contributed by atoms with E-state index in [1.807, 2.05) is 12.1 Å². The molecule has 6 nitrogen and oxygen atoms in total. The molecule has 0 aliphatic carbocycles. The van der Waals surface area contributed by atoms with Crippen molar-refractivity contribution in [1.29, 1.82) is 0 Å². The Labute approximate surface area is 195 Å². The Hall–Kier alpha value is -1.87. The van der Waals surface area contributed by atoms with Gasteiger partial charge >= 0.3 is 5.97 Å². The monoisotopic (exact) mass is 476 g/mol. The van der Waals surface area contributed by atoms with Crippen LogP contribution in [0, 0.1) is 5.92 Å². The van der Waals surface area contributed by atoms with Crippen molar-refractivity contribution in [2.75, 3.05) is 18.8 Å². The van der Waals surface area contributed by atoms with Crippen molar-refractivity contribution >= 4 is 27.8 Å². The van der Waals surface area contributed by atoms with E-state index in [2.05, 4.69) is 31.3 Å². The van der Waals surface area contributed by atoms with E-state index in [9.17, 15) is 18.3 Å². The third kappa shape index (κ3) is 5.54. The molecule has 174 valence electrons. The number of nitrogens with one attached hydrogen (secondary N) is 1. The molecule has 2 aromatic carbocycles. The molecule has 1 atom stereocenters. The van der Waals surface area contributed by atoms with Gasteiger partial charge in [0.05, 0.1) is 4.90 Å². The number of sulfonamides is 1. The minimum atomic E-state index is -3.92. The average Bonchev–Trinajstić information content (AvgIpc) is 2.73. The highest BCUT2D eigenvalue weighted by molar-refractivity contribution is 8.00. The van der Waals surface area contributed by atoms with Crippen molar-refractivity contribution in [2.45, 2.75) is 49.9 Å². The second kappa shape index (κ2) is 9.95. The molecule has 1 heterocycles. The molecule has 0 unspecified atom stereocenters. The molecule has 2 aromatic rings. The molecule has 0 spiro atoms. The second-order valence-electron chi connectivity index (χ2n) is 9.05. The van der Waals surface area contributed by atoms with Crippen molar-refractivity contribution in [3.63, 3.8) is 0 Å². The van der Waals surface area contributed by atoms with Crippen LogP contribution in [0.1, 0.15) is 33.3 Å².